The first-order valence-corrected chi connectivity index (χ1v) is 12.8. The van der Waals surface area contributed by atoms with Crippen LogP contribution in [-0.4, -0.2) is 22.9 Å². The van der Waals surface area contributed by atoms with Crippen molar-refractivity contribution >= 4 is 45.5 Å². The lowest BCUT2D eigenvalue weighted by Crippen LogP contribution is -2.10. The van der Waals surface area contributed by atoms with Crippen LogP contribution in [-0.2, 0) is 0 Å². The van der Waals surface area contributed by atoms with E-state index in [-0.39, 0.29) is 33.9 Å². The summed E-state index contributed by atoms with van der Waals surface area (Å²) in [5.74, 6) is 0. The van der Waals surface area contributed by atoms with Crippen LogP contribution in [0.1, 0.15) is 17.5 Å². The fourth-order valence-electron chi connectivity index (χ4n) is 4.01. The fourth-order valence-corrected chi connectivity index (χ4v) is 4.01. The number of nitrogens with two attached hydrogens (primary N) is 4. The lowest BCUT2D eigenvalue weighted by atomic mass is 9.96. The lowest BCUT2D eigenvalue weighted by Gasteiger charge is -2.11. The highest BCUT2D eigenvalue weighted by Crippen LogP contribution is 2.40. The van der Waals surface area contributed by atoms with E-state index in [1.54, 1.807) is 13.8 Å². The van der Waals surface area contributed by atoms with Crippen molar-refractivity contribution in [3.05, 3.63) is 104 Å². The zero-order valence-corrected chi connectivity index (χ0v) is 22.9. The van der Waals surface area contributed by atoms with Gasteiger partial charge in [0.2, 0.25) is 0 Å². The van der Waals surface area contributed by atoms with Gasteiger partial charge in [-0.15, -0.1) is 0 Å². The Hall–Kier alpha value is -5.52. The van der Waals surface area contributed by atoms with Crippen LogP contribution < -0.4 is 33.6 Å². The van der Waals surface area contributed by atoms with Gasteiger partial charge in [0, 0.05) is 36.6 Å². The Morgan fingerprint density at radius 2 is 0.976 bits per heavy atom. The molecular formula is C29H34N8O4. The first-order chi connectivity index (χ1) is 19.5. The number of aryl methyl sites for hydroxylation is 2. The van der Waals surface area contributed by atoms with Crippen molar-refractivity contribution < 1.29 is 9.85 Å². The molecule has 0 aliphatic heterocycles. The van der Waals surface area contributed by atoms with Gasteiger partial charge < -0.3 is 33.6 Å². The monoisotopic (exact) mass is 558 g/mol. The van der Waals surface area contributed by atoms with E-state index in [2.05, 4.69) is 10.6 Å². The molecule has 0 aromatic heterocycles. The molecule has 214 valence electrons. The Kier molecular flexibility index (Phi) is 9.90. The van der Waals surface area contributed by atoms with Crippen molar-refractivity contribution in [1.29, 1.82) is 0 Å². The lowest BCUT2D eigenvalue weighted by molar-refractivity contribution is -0.386. The van der Waals surface area contributed by atoms with Gasteiger partial charge in [-0.25, -0.2) is 0 Å². The quantitative estimate of drug-likeness (QED) is 0.0636. The minimum absolute atomic E-state index is 0.145. The Balaban J connectivity index is 0.000000228. The fraction of sp³-hybridized carbons (Fsp3) is 0.172. The van der Waals surface area contributed by atoms with Crippen LogP contribution in [0.3, 0.4) is 0 Å². The van der Waals surface area contributed by atoms with Crippen LogP contribution in [0.4, 0.5) is 45.5 Å². The molecule has 0 atom stereocenters. The highest BCUT2D eigenvalue weighted by molar-refractivity contribution is 5.85. The predicted molar refractivity (Wildman–Crippen MR) is 167 cm³/mol. The van der Waals surface area contributed by atoms with Gasteiger partial charge in [-0.05, 0) is 67.8 Å². The molecule has 4 aromatic carbocycles. The highest BCUT2D eigenvalue weighted by atomic mass is 16.6. The summed E-state index contributed by atoms with van der Waals surface area (Å²) in [4.78, 5) is 21.3. The molecule has 0 aliphatic rings. The van der Waals surface area contributed by atoms with Crippen LogP contribution in [0.15, 0.2) is 72.8 Å². The van der Waals surface area contributed by atoms with Gasteiger partial charge in [0.1, 0.15) is 0 Å². The minimum Gasteiger partial charge on any atom is -0.398 e. The summed E-state index contributed by atoms with van der Waals surface area (Å²) in [6, 6.07) is 20.9. The first kappa shape index (κ1) is 30.0. The number of nitro benzene ring substituents is 2. The van der Waals surface area contributed by atoms with Crippen molar-refractivity contribution in [3.8, 4) is 11.1 Å². The average molecular weight is 559 g/mol. The third kappa shape index (κ3) is 7.76. The van der Waals surface area contributed by atoms with Gasteiger partial charge >= 0.3 is 0 Å². The van der Waals surface area contributed by atoms with Gasteiger partial charge in [0.15, 0.2) is 0 Å². The average Bonchev–Trinajstić information content (AvgIpc) is 2.93. The molecule has 0 unspecified atom stereocenters. The number of nitrogens with zero attached hydrogens (tertiary/aromatic N) is 2. The Morgan fingerprint density at radius 1 is 0.610 bits per heavy atom. The molecule has 0 fully saturated rings. The van der Waals surface area contributed by atoms with E-state index >= 15 is 0 Å². The number of benzene rings is 4. The minimum atomic E-state index is -0.611. The number of nitro groups is 2. The molecule has 0 heterocycles. The van der Waals surface area contributed by atoms with Gasteiger partial charge in [0.25, 0.3) is 11.4 Å². The Bertz CT molecular complexity index is 1440. The second-order valence-electron chi connectivity index (χ2n) is 9.35. The van der Waals surface area contributed by atoms with Crippen LogP contribution in [0.25, 0.3) is 11.1 Å². The SMILES string of the molecule is Cc1cc(-c2cc(C)c(N)cc2[N+](=O)[O-])c([N+](=O)[O-])cc1N.Nc1ccccc1NCCCNc1ccccc1N. The number of anilines is 6. The van der Waals surface area contributed by atoms with E-state index in [9.17, 15) is 20.2 Å². The van der Waals surface area contributed by atoms with E-state index in [4.69, 9.17) is 22.9 Å². The van der Waals surface area contributed by atoms with Gasteiger partial charge in [-0.2, -0.15) is 0 Å². The van der Waals surface area contributed by atoms with Crippen LogP contribution in [0, 0.1) is 34.1 Å². The molecule has 0 radical (unpaired) electrons. The second kappa shape index (κ2) is 13.5. The third-order valence-corrected chi connectivity index (χ3v) is 6.36. The maximum Gasteiger partial charge on any atom is 0.279 e. The summed E-state index contributed by atoms with van der Waals surface area (Å²) in [6.45, 7) is 5.10. The first-order valence-electron chi connectivity index (χ1n) is 12.8. The summed E-state index contributed by atoms with van der Waals surface area (Å²) >= 11 is 0. The largest absolute Gasteiger partial charge is 0.398 e. The molecular weight excluding hydrogens is 524 g/mol. The zero-order chi connectivity index (χ0) is 30.1. The molecule has 0 aliphatic carbocycles. The van der Waals surface area contributed by atoms with Crippen molar-refractivity contribution in [3.63, 3.8) is 0 Å². The molecule has 0 saturated carbocycles. The summed E-state index contributed by atoms with van der Waals surface area (Å²) < 4.78 is 0. The van der Waals surface area contributed by atoms with E-state index in [0.29, 0.717) is 11.1 Å². The second-order valence-corrected chi connectivity index (χ2v) is 9.35. The number of nitrogen functional groups attached to an aromatic ring is 4. The number of hydrogen-bond donors (Lipinski definition) is 6. The van der Waals surface area contributed by atoms with Crippen LogP contribution in [0.2, 0.25) is 0 Å². The van der Waals surface area contributed by atoms with Gasteiger partial charge in [-0.3, -0.25) is 20.2 Å². The van der Waals surface area contributed by atoms with Crippen molar-refractivity contribution in [2.75, 3.05) is 46.7 Å². The highest BCUT2D eigenvalue weighted by Gasteiger charge is 2.25. The summed E-state index contributed by atoms with van der Waals surface area (Å²) in [7, 11) is 0. The molecule has 41 heavy (non-hydrogen) atoms. The molecule has 12 nitrogen and oxygen atoms in total. The maximum atomic E-state index is 11.2. The van der Waals surface area contributed by atoms with Crippen LogP contribution in [0.5, 0.6) is 0 Å². The number of rotatable bonds is 9. The molecule has 12 heteroatoms. The molecule has 0 spiro atoms. The summed E-state index contributed by atoms with van der Waals surface area (Å²) in [5.41, 5.74) is 28.1. The Morgan fingerprint density at radius 3 is 1.32 bits per heavy atom. The molecule has 0 saturated heterocycles. The third-order valence-electron chi connectivity index (χ3n) is 6.36. The topological polar surface area (TPSA) is 214 Å². The summed E-state index contributed by atoms with van der Waals surface area (Å²) in [6.07, 6.45) is 0.989. The summed E-state index contributed by atoms with van der Waals surface area (Å²) in [5, 5.41) is 29.1. The number of nitrogens with one attached hydrogen (secondary N) is 2. The Labute approximate surface area is 237 Å². The molecule has 10 N–H and O–H groups in total. The number of para-hydroxylation sites is 4. The molecule has 4 aromatic rings. The van der Waals surface area contributed by atoms with Gasteiger partial charge in [-0.1, -0.05) is 24.3 Å². The zero-order valence-electron chi connectivity index (χ0n) is 22.9. The maximum absolute atomic E-state index is 11.2. The van der Waals surface area contributed by atoms with Crippen molar-refractivity contribution in [2.24, 2.45) is 0 Å². The van der Waals surface area contributed by atoms with E-state index in [1.807, 2.05) is 48.5 Å². The van der Waals surface area contributed by atoms with Crippen molar-refractivity contribution in [1.82, 2.24) is 0 Å². The number of hydrogen-bond acceptors (Lipinski definition) is 10. The van der Waals surface area contributed by atoms with E-state index < -0.39 is 9.85 Å². The standard InChI is InChI=1S/C15H20N4.C14H14N4O4/c16-12-6-1-3-8-14(12)18-10-5-11-19-15-9-4-2-7-13(15)17;1-7-3-9(13(17(19)20)5-11(7)15)10-4-8(2)12(16)6-14(10)18(21)22/h1-4,6-9,18-19H,5,10-11,16-17H2;3-6H,15-16H2,1-2H3. The smallest absolute Gasteiger partial charge is 0.279 e. The van der Waals surface area contributed by atoms with Crippen LogP contribution >= 0.6 is 0 Å². The van der Waals surface area contributed by atoms with E-state index in [1.165, 1.54) is 24.3 Å². The predicted octanol–water partition coefficient (Wildman–Crippen LogP) is 5.72. The van der Waals surface area contributed by atoms with Gasteiger partial charge in [0.05, 0.1) is 43.7 Å². The normalized spacial score (nSPS) is 10.3. The molecule has 4 rings (SSSR count). The van der Waals surface area contributed by atoms with Crippen molar-refractivity contribution in [2.45, 2.75) is 20.3 Å². The molecule has 0 bridgehead atoms. The van der Waals surface area contributed by atoms with E-state index in [0.717, 1.165) is 42.3 Å². The molecule has 0 amide bonds.